The topological polar surface area (TPSA) is 222 Å². The van der Waals surface area contributed by atoms with Crippen molar-refractivity contribution in [2.45, 2.75) is 69.7 Å². The molecule has 7 rings (SSSR count). The third kappa shape index (κ3) is 8.32. The molecule has 2 aliphatic heterocycles. The van der Waals surface area contributed by atoms with E-state index in [0.717, 1.165) is 41.9 Å². The summed E-state index contributed by atoms with van der Waals surface area (Å²) >= 11 is 0. The number of aromatic nitrogens is 4. The van der Waals surface area contributed by atoms with Crippen LogP contribution in [0, 0.1) is 0 Å². The molecule has 0 radical (unpaired) electrons. The molecule has 17 heteroatoms. The highest BCUT2D eigenvalue weighted by Crippen LogP contribution is 2.34. The third-order valence-corrected chi connectivity index (χ3v) is 9.72. The number of anilines is 1. The van der Waals surface area contributed by atoms with Crippen molar-refractivity contribution in [1.82, 2.24) is 40.4 Å². The Kier molecular flexibility index (Phi) is 11.4. The normalized spacial score (nSPS) is 18.6. The van der Waals surface area contributed by atoms with Crippen molar-refractivity contribution in [1.29, 1.82) is 0 Å². The molecule has 5 N–H and O–H groups in total. The minimum Gasteiger partial charge on any atom is -0.489 e. The Hall–Kier alpha value is -6.20. The predicted octanol–water partition coefficient (Wildman–Crippen LogP) is 2.36. The maximum Gasteiger partial charge on any atom is 0.266 e. The van der Waals surface area contributed by atoms with Gasteiger partial charge in [-0.25, -0.2) is 4.98 Å². The number of allylic oxidation sites excluding steroid dienone is 2. The molecule has 17 nitrogen and oxygen atoms in total. The lowest BCUT2D eigenvalue weighted by Crippen LogP contribution is -2.54. The number of furan rings is 1. The average molecular weight is 752 g/mol. The summed E-state index contributed by atoms with van der Waals surface area (Å²) in [5, 5.41) is 30.2. The van der Waals surface area contributed by atoms with E-state index in [4.69, 9.17) is 9.15 Å². The van der Waals surface area contributed by atoms with E-state index >= 15 is 0 Å². The molecule has 3 unspecified atom stereocenters. The SMILES string of the molecule is O=C1CCC(N2C(=O)c3cccc(OCC(O)NCCCCCCNC(=O)C4=CCC(c5cnc(NCc6ccco6)n6cnnc56)C=C4)c3C2=O)C(=O)N1. The zero-order valence-electron chi connectivity index (χ0n) is 29.9. The van der Waals surface area contributed by atoms with Crippen LogP contribution < -0.4 is 26.0 Å². The standard InChI is InChI=1S/C38H41N9O8/c48-30-15-14-28(35(51)44-30)47-36(52)26-8-5-9-29(32(26)37(47)53)55-21-31(49)39-16-3-1-2-4-17-40-34(50)24-12-10-23(11-13-24)27-20-42-38(46-22-43-45-33(27)46)41-19-25-7-6-18-54-25/h5-10,12-13,18,20,22-23,28,31,39,49H,1-4,11,14-17,19,21H2,(H,40,50)(H,41,42)(H,44,48,51). The number of rotatable bonds is 17. The number of imide groups is 2. The molecule has 55 heavy (non-hydrogen) atoms. The van der Waals surface area contributed by atoms with Crippen molar-refractivity contribution in [3.05, 3.63) is 95.4 Å². The van der Waals surface area contributed by atoms with E-state index in [1.165, 1.54) is 12.1 Å². The van der Waals surface area contributed by atoms with Gasteiger partial charge in [0.25, 0.3) is 17.7 Å². The van der Waals surface area contributed by atoms with Gasteiger partial charge in [-0.3, -0.25) is 43.9 Å². The monoisotopic (exact) mass is 751 g/mol. The number of aliphatic hydroxyl groups excluding tert-OH is 1. The number of hydrogen-bond acceptors (Lipinski definition) is 13. The summed E-state index contributed by atoms with van der Waals surface area (Å²) < 4.78 is 12.9. The Morgan fingerprint density at radius 2 is 1.93 bits per heavy atom. The second-order valence-electron chi connectivity index (χ2n) is 13.4. The molecule has 286 valence electrons. The van der Waals surface area contributed by atoms with Crippen LogP contribution in [0.5, 0.6) is 5.75 Å². The molecular weight excluding hydrogens is 710 g/mol. The van der Waals surface area contributed by atoms with Crippen molar-refractivity contribution >= 4 is 41.1 Å². The average Bonchev–Trinajstić information content (AvgIpc) is 3.96. The van der Waals surface area contributed by atoms with Crippen LogP contribution in [0.3, 0.4) is 0 Å². The lowest BCUT2D eigenvalue weighted by Gasteiger charge is -2.27. The molecule has 3 aliphatic rings. The van der Waals surface area contributed by atoms with E-state index in [2.05, 4.69) is 36.4 Å². The predicted molar refractivity (Wildman–Crippen MR) is 195 cm³/mol. The molecule has 1 aliphatic carbocycles. The number of amides is 5. The van der Waals surface area contributed by atoms with Crippen molar-refractivity contribution in [3.63, 3.8) is 0 Å². The van der Waals surface area contributed by atoms with Gasteiger partial charge in [-0.1, -0.05) is 37.1 Å². The molecule has 1 saturated heterocycles. The fraction of sp³-hybridized carbons (Fsp3) is 0.368. The van der Waals surface area contributed by atoms with E-state index in [1.807, 2.05) is 30.4 Å². The highest BCUT2D eigenvalue weighted by molar-refractivity contribution is 6.24. The van der Waals surface area contributed by atoms with Crippen molar-refractivity contribution in [3.8, 4) is 5.75 Å². The van der Waals surface area contributed by atoms with E-state index in [-0.39, 0.29) is 48.2 Å². The Morgan fingerprint density at radius 1 is 1.07 bits per heavy atom. The summed E-state index contributed by atoms with van der Waals surface area (Å²) in [5.74, 6) is -1.06. The first-order valence-electron chi connectivity index (χ1n) is 18.3. The number of carbonyl (C=O) groups excluding carboxylic acids is 5. The highest BCUT2D eigenvalue weighted by Gasteiger charge is 2.46. The molecule has 5 heterocycles. The largest absolute Gasteiger partial charge is 0.489 e. The van der Waals surface area contributed by atoms with Crippen molar-refractivity contribution in [2.24, 2.45) is 0 Å². The Balaban J connectivity index is 0.778. The number of piperidine rings is 1. The second-order valence-corrected chi connectivity index (χ2v) is 13.4. The second kappa shape index (κ2) is 16.9. The Labute approximate surface area is 315 Å². The molecule has 0 saturated carbocycles. The van der Waals surface area contributed by atoms with Crippen molar-refractivity contribution in [2.75, 3.05) is 25.0 Å². The molecule has 1 aromatic carbocycles. The minimum absolute atomic E-state index is 0.000289. The lowest BCUT2D eigenvalue weighted by molar-refractivity contribution is -0.136. The third-order valence-electron chi connectivity index (χ3n) is 9.72. The highest BCUT2D eigenvalue weighted by atomic mass is 16.5. The first-order valence-corrected chi connectivity index (χ1v) is 18.3. The van der Waals surface area contributed by atoms with Gasteiger partial charge in [-0.2, -0.15) is 0 Å². The van der Waals surface area contributed by atoms with Crippen LogP contribution in [0.25, 0.3) is 5.65 Å². The molecule has 0 bridgehead atoms. The number of nitrogens with zero attached hydrogens (tertiary/aromatic N) is 5. The fourth-order valence-electron chi connectivity index (χ4n) is 6.84. The van der Waals surface area contributed by atoms with Gasteiger partial charge in [0.1, 0.15) is 36.7 Å². The number of ether oxygens (including phenoxy) is 1. The van der Waals surface area contributed by atoms with Crippen LogP contribution >= 0.6 is 0 Å². The quantitative estimate of drug-likeness (QED) is 0.0595. The van der Waals surface area contributed by atoms with E-state index in [0.29, 0.717) is 43.2 Å². The summed E-state index contributed by atoms with van der Waals surface area (Å²) in [5.41, 5.74) is 2.35. The van der Waals surface area contributed by atoms with Crippen LogP contribution in [0.1, 0.15) is 82.9 Å². The van der Waals surface area contributed by atoms with Gasteiger partial charge < -0.3 is 24.9 Å². The maximum atomic E-state index is 13.2. The van der Waals surface area contributed by atoms with Gasteiger partial charge in [-0.05, 0) is 56.5 Å². The summed E-state index contributed by atoms with van der Waals surface area (Å²) in [6.07, 6.45) is 13.8. The molecule has 5 amide bonds. The van der Waals surface area contributed by atoms with Gasteiger partial charge in [0.05, 0.1) is 23.9 Å². The van der Waals surface area contributed by atoms with Gasteiger partial charge in [0.15, 0.2) is 5.65 Å². The molecule has 0 spiro atoms. The van der Waals surface area contributed by atoms with Gasteiger partial charge in [0, 0.05) is 36.2 Å². The summed E-state index contributed by atoms with van der Waals surface area (Å²) in [6.45, 7) is 1.36. The number of nitrogens with one attached hydrogen (secondary N) is 4. The van der Waals surface area contributed by atoms with Crippen LogP contribution in [-0.2, 0) is 20.9 Å². The van der Waals surface area contributed by atoms with Gasteiger partial charge in [-0.15, -0.1) is 10.2 Å². The number of benzene rings is 1. The number of fused-ring (bicyclic) bond motifs is 2. The van der Waals surface area contributed by atoms with Gasteiger partial charge >= 0.3 is 0 Å². The van der Waals surface area contributed by atoms with Gasteiger partial charge in [0.2, 0.25) is 17.8 Å². The van der Waals surface area contributed by atoms with Crippen LogP contribution in [0.2, 0.25) is 0 Å². The summed E-state index contributed by atoms with van der Waals surface area (Å²) in [4.78, 5) is 68.4. The molecule has 4 aromatic rings. The summed E-state index contributed by atoms with van der Waals surface area (Å²) in [7, 11) is 0. The van der Waals surface area contributed by atoms with Crippen LogP contribution in [0.4, 0.5) is 5.95 Å². The van der Waals surface area contributed by atoms with E-state index in [1.54, 1.807) is 29.3 Å². The molecule has 3 atom stereocenters. The zero-order valence-corrected chi connectivity index (χ0v) is 29.9. The number of unbranched alkanes of at least 4 members (excludes halogenated alkanes) is 3. The van der Waals surface area contributed by atoms with E-state index < -0.39 is 35.9 Å². The van der Waals surface area contributed by atoms with Crippen LogP contribution in [-0.4, -0.2) is 91.1 Å². The fourth-order valence-corrected chi connectivity index (χ4v) is 6.84. The number of carbonyl (C=O) groups is 5. The number of aliphatic hydroxyl groups is 1. The van der Waals surface area contributed by atoms with Crippen molar-refractivity contribution < 1.29 is 38.2 Å². The van der Waals surface area contributed by atoms with E-state index in [9.17, 15) is 29.1 Å². The summed E-state index contributed by atoms with van der Waals surface area (Å²) in [6, 6.07) is 7.20. The van der Waals surface area contributed by atoms with Crippen LogP contribution in [0.15, 0.2) is 77.3 Å². The first kappa shape index (κ1) is 37.1. The smallest absolute Gasteiger partial charge is 0.266 e. The first-order chi connectivity index (χ1) is 26.8. The Morgan fingerprint density at radius 3 is 2.71 bits per heavy atom. The maximum absolute atomic E-state index is 13.2. The molecule has 1 fully saturated rings. The minimum atomic E-state index is -1.08. The number of hydrogen-bond donors (Lipinski definition) is 5. The molecular formula is C38H41N9O8. The molecule has 3 aromatic heterocycles. The zero-order chi connectivity index (χ0) is 38.3. The lowest BCUT2D eigenvalue weighted by atomic mass is 9.91. The Bertz CT molecular complexity index is 2140.